The minimum absolute atomic E-state index is 0.0196. The van der Waals surface area contributed by atoms with Crippen molar-refractivity contribution in [3.05, 3.63) is 47.1 Å². The van der Waals surface area contributed by atoms with Crippen molar-refractivity contribution in [3.63, 3.8) is 0 Å². The SMILES string of the molecule is Cn1c(CN2CCN(c3ncc(C(F)(F)F)cc3Cl)CC2)nc2ccncc21. The van der Waals surface area contributed by atoms with Gasteiger partial charge in [-0.3, -0.25) is 9.88 Å². The molecule has 0 amide bonds. The number of hydrogen-bond donors (Lipinski definition) is 0. The zero-order chi connectivity index (χ0) is 19.9. The Kier molecular flexibility index (Phi) is 4.88. The van der Waals surface area contributed by atoms with Gasteiger partial charge in [0.1, 0.15) is 11.6 Å². The molecule has 10 heteroatoms. The highest BCUT2D eigenvalue weighted by Gasteiger charge is 2.32. The average molecular weight is 411 g/mol. The van der Waals surface area contributed by atoms with Crippen molar-refractivity contribution in [3.8, 4) is 0 Å². The molecule has 0 N–H and O–H groups in total. The van der Waals surface area contributed by atoms with E-state index in [1.807, 2.05) is 22.6 Å². The molecule has 0 bridgehead atoms. The van der Waals surface area contributed by atoms with Crippen LogP contribution in [0.2, 0.25) is 5.02 Å². The van der Waals surface area contributed by atoms with E-state index < -0.39 is 11.7 Å². The van der Waals surface area contributed by atoms with Crippen molar-refractivity contribution in [1.82, 2.24) is 24.4 Å². The lowest BCUT2D eigenvalue weighted by Gasteiger charge is -2.35. The Balaban J connectivity index is 1.42. The van der Waals surface area contributed by atoms with Gasteiger partial charge in [0.25, 0.3) is 0 Å². The zero-order valence-corrected chi connectivity index (χ0v) is 15.9. The molecule has 3 aromatic heterocycles. The summed E-state index contributed by atoms with van der Waals surface area (Å²) in [6, 6.07) is 2.82. The summed E-state index contributed by atoms with van der Waals surface area (Å²) < 4.78 is 40.4. The molecule has 0 atom stereocenters. The first-order valence-corrected chi connectivity index (χ1v) is 9.16. The molecule has 0 aliphatic carbocycles. The van der Waals surface area contributed by atoms with E-state index in [0.29, 0.717) is 25.5 Å². The maximum absolute atomic E-state index is 12.8. The minimum atomic E-state index is -4.45. The predicted octanol–water partition coefficient (Wildman–Crippen LogP) is 3.36. The van der Waals surface area contributed by atoms with Crippen LogP contribution in [0.15, 0.2) is 30.7 Å². The predicted molar refractivity (Wildman–Crippen MR) is 100 cm³/mol. The van der Waals surface area contributed by atoms with Crippen LogP contribution in [0.25, 0.3) is 11.0 Å². The summed E-state index contributed by atoms with van der Waals surface area (Å²) >= 11 is 6.06. The number of aryl methyl sites for hydroxylation is 1. The van der Waals surface area contributed by atoms with Crippen LogP contribution in [0.1, 0.15) is 11.4 Å². The molecule has 1 saturated heterocycles. The molecular formula is C18H18ClF3N6. The summed E-state index contributed by atoms with van der Waals surface area (Å²) in [6.45, 7) is 3.42. The lowest BCUT2D eigenvalue weighted by Crippen LogP contribution is -2.46. The first-order valence-electron chi connectivity index (χ1n) is 8.78. The molecule has 148 valence electrons. The van der Waals surface area contributed by atoms with Crippen LogP contribution in [0.3, 0.4) is 0 Å². The number of rotatable bonds is 3. The number of aromatic nitrogens is 4. The maximum atomic E-state index is 12.8. The Morgan fingerprint density at radius 1 is 1.14 bits per heavy atom. The second-order valence-corrected chi connectivity index (χ2v) is 7.15. The largest absolute Gasteiger partial charge is 0.417 e. The second-order valence-electron chi connectivity index (χ2n) is 6.74. The van der Waals surface area contributed by atoms with Gasteiger partial charge in [-0.1, -0.05) is 11.6 Å². The molecule has 0 unspecified atom stereocenters. The van der Waals surface area contributed by atoms with Gasteiger partial charge in [0, 0.05) is 45.6 Å². The van der Waals surface area contributed by atoms with Gasteiger partial charge in [-0.05, 0) is 12.1 Å². The number of piperazine rings is 1. The minimum Gasteiger partial charge on any atom is -0.353 e. The van der Waals surface area contributed by atoms with Gasteiger partial charge in [0.15, 0.2) is 0 Å². The highest BCUT2D eigenvalue weighted by atomic mass is 35.5. The van der Waals surface area contributed by atoms with Crippen molar-refractivity contribution in [2.45, 2.75) is 12.7 Å². The number of hydrogen-bond acceptors (Lipinski definition) is 5. The van der Waals surface area contributed by atoms with E-state index in [2.05, 4.69) is 19.9 Å². The van der Waals surface area contributed by atoms with Crippen LogP contribution in [0, 0.1) is 0 Å². The number of alkyl halides is 3. The van der Waals surface area contributed by atoms with Gasteiger partial charge >= 0.3 is 6.18 Å². The monoisotopic (exact) mass is 410 g/mol. The zero-order valence-electron chi connectivity index (χ0n) is 15.1. The molecule has 0 saturated carbocycles. The topological polar surface area (TPSA) is 50.1 Å². The number of fused-ring (bicyclic) bond motifs is 1. The number of nitrogens with zero attached hydrogens (tertiary/aromatic N) is 6. The third-order valence-electron chi connectivity index (χ3n) is 4.96. The van der Waals surface area contributed by atoms with E-state index in [1.165, 1.54) is 0 Å². The van der Waals surface area contributed by atoms with Gasteiger partial charge in [-0.25, -0.2) is 9.97 Å². The average Bonchev–Trinajstić information content (AvgIpc) is 2.98. The summed E-state index contributed by atoms with van der Waals surface area (Å²) in [5.41, 5.74) is 1.06. The van der Waals surface area contributed by atoms with E-state index in [-0.39, 0.29) is 5.02 Å². The lowest BCUT2D eigenvalue weighted by atomic mass is 10.2. The molecule has 28 heavy (non-hydrogen) atoms. The maximum Gasteiger partial charge on any atom is 0.417 e. The molecule has 1 fully saturated rings. The molecule has 1 aliphatic heterocycles. The molecule has 1 aliphatic rings. The molecular weight excluding hydrogens is 393 g/mol. The van der Waals surface area contributed by atoms with Crippen LogP contribution >= 0.6 is 11.6 Å². The first kappa shape index (κ1) is 18.9. The summed E-state index contributed by atoms with van der Waals surface area (Å²) in [7, 11) is 1.97. The van der Waals surface area contributed by atoms with E-state index in [4.69, 9.17) is 11.6 Å². The fourth-order valence-corrected chi connectivity index (χ4v) is 3.65. The molecule has 0 spiro atoms. The fraction of sp³-hybridized carbons (Fsp3) is 0.389. The van der Waals surface area contributed by atoms with Gasteiger partial charge < -0.3 is 9.47 Å². The van der Waals surface area contributed by atoms with Crippen LogP contribution < -0.4 is 4.90 Å². The van der Waals surface area contributed by atoms with Crippen molar-refractivity contribution in [2.24, 2.45) is 7.05 Å². The van der Waals surface area contributed by atoms with Crippen molar-refractivity contribution < 1.29 is 13.2 Å². The lowest BCUT2D eigenvalue weighted by molar-refractivity contribution is -0.137. The molecule has 0 aromatic carbocycles. The Bertz CT molecular complexity index is 995. The summed E-state index contributed by atoms with van der Waals surface area (Å²) in [5, 5.41) is 0.0196. The van der Waals surface area contributed by atoms with Crippen molar-refractivity contribution in [2.75, 3.05) is 31.1 Å². The Morgan fingerprint density at radius 2 is 1.89 bits per heavy atom. The number of imidazole rings is 1. The second kappa shape index (κ2) is 7.21. The smallest absolute Gasteiger partial charge is 0.353 e. The van der Waals surface area contributed by atoms with Gasteiger partial charge in [0.2, 0.25) is 0 Å². The summed E-state index contributed by atoms with van der Waals surface area (Å²) in [6.07, 6.45) is -0.100. The highest BCUT2D eigenvalue weighted by molar-refractivity contribution is 6.33. The third-order valence-corrected chi connectivity index (χ3v) is 5.24. The molecule has 3 aromatic rings. The van der Waals surface area contributed by atoms with E-state index in [0.717, 1.165) is 42.2 Å². The standard InChI is InChI=1S/C18H18ClF3N6/c1-26-15-10-23-3-2-14(15)25-16(26)11-27-4-6-28(7-5-27)17-13(19)8-12(9-24-17)18(20,21)22/h2-3,8-10H,4-7,11H2,1H3. The fourth-order valence-electron chi connectivity index (χ4n) is 3.36. The molecule has 4 rings (SSSR count). The number of pyridine rings is 2. The van der Waals surface area contributed by atoms with Crippen LogP contribution in [0.5, 0.6) is 0 Å². The van der Waals surface area contributed by atoms with E-state index in [9.17, 15) is 13.2 Å². The third kappa shape index (κ3) is 3.64. The van der Waals surface area contributed by atoms with Crippen molar-refractivity contribution in [1.29, 1.82) is 0 Å². The van der Waals surface area contributed by atoms with Crippen LogP contribution in [0.4, 0.5) is 19.0 Å². The molecule has 0 radical (unpaired) electrons. The molecule has 4 heterocycles. The molecule has 6 nitrogen and oxygen atoms in total. The van der Waals surface area contributed by atoms with Crippen LogP contribution in [-0.2, 0) is 19.8 Å². The van der Waals surface area contributed by atoms with Crippen molar-refractivity contribution >= 4 is 28.5 Å². The summed E-state index contributed by atoms with van der Waals surface area (Å²) in [5.74, 6) is 1.34. The quantitative estimate of drug-likeness (QED) is 0.662. The van der Waals surface area contributed by atoms with E-state index in [1.54, 1.807) is 12.4 Å². The van der Waals surface area contributed by atoms with Crippen LogP contribution in [-0.4, -0.2) is 50.6 Å². The Hall–Kier alpha value is -2.39. The normalized spacial score (nSPS) is 16.1. The number of halogens is 4. The summed E-state index contributed by atoms with van der Waals surface area (Å²) in [4.78, 5) is 16.9. The Morgan fingerprint density at radius 3 is 2.54 bits per heavy atom. The highest BCUT2D eigenvalue weighted by Crippen LogP contribution is 2.33. The Labute approximate surface area is 164 Å². The number of anilines is 1. The van der Waals surface area contributed by atoms with E-state index >= 15 is 0 Å². The first-order chi connectivity index (χ1) is 13.3. The van der Waals surface area contributed by atoms with Gasteiger partial charge in [-0.2, -0.15) is 13.2 Å². The van der Waals surface area contributed by atoms with Gasteiger partial charge in [0.05, 0.1) is 34.4 Å². The van der Waals surface area contributed by atoms with Gasteiger partial charge in [-0.15, -0.1) is 0 Å².